The minimum Gasteiger partial charge on any atom is -0.352 e. The molecule has 124 valence electrons. The second-order valence-corrected chi connectivity index (χ2v) is 5.40. The Morgan fingerprint density at radius 2 is 2.09 bits per heavy atom. The molecule has 6 heteroatoms. The fourth-order valence-electron chi connectivity index (χ4n) is 2.38. The van der Waals surface area contributed by atoms with Gasteiger partial charge in [-0.1, -0.05) is 13.8 Å². The zero-order chi connectivity index (χ0) is 16.7. The second-order valence-electron chi connectivity index (χ2n) is 5.40. The molecule has 1 aromatic rings. The number of hydrogen-bond acceptors (Lipinski definition) is 4. The van der Waals surface area contributed by atoms with Crippen molar-refractivity contribution >= 4 is 5.91 Å². The Bertz CT molecular complexity index is 564. The van der Waals surface area contributed by atoms with Gasteiger partial charge >= 0.3 is 0 Å². The van der Waals surface area contributed by atoms with Crippen molar-refractivity contribution in [3.05, 3.63) is 33.2 Å². The first kappa shape index (κ1) is 18.2. The van der Waals surface area contributed by atoms with Crippen LogP contribution >= 0.6 is 0 Å². The maximum Gasteiger partial charge on any atom is 0.274 e. The number of carbonyl (C=O) groups is 1. The number of carbonyl (C=O) groups excluding carboxylic acids is 1. The van der Waals surface area contributed by atoms with Gasteiger partial charge in [-0.3, -0.25) is 9.59 Å². The highest BCUT2D eigenvalue weighted by atomic mass is 16.1. The monoisotopic (exact) mass is 308 g/mol. The molecule has 0 saturated carbocycles. The number of rotatable bonds is 5. The molecule has 6 nitrogen and oxygen atoms in total. The summed E-state index contributed by atoms with van der Waals surface area (Å²) in [5, 5.41) is 2.73. The van der Waals surface area contributed by atoms with Gasteiger partial charge in [-0.2, -0.15) is 0 Å². The Morgan fingerprint density at radius 1 is 1.41 bits per heavy atom. The fourth-order valence-corrected chi connectivity index (χ4v) is 2.38. The quantitative estimate of drug-likeness (QED) is 0.841. The SMILES string of the molecule is CC.CC(=O)NCc1c(CCN(C)C)cc2n(c1=O)NCC2. The van der Waals surface area contributed by atoms with E-state index in [2.05, 4.69) is 21.7 Å². The maximum atomic E-state index is 12.5. The van der Waals surface area contributed by atoms with Gasteiger partial charge in [-0.15, -0.1) is 0 Å². The number of amides is 1. The minimum absolute atomic E-state index is 0.0393. The summed E-state index contributed by atoms with van der Waals surface area (Å²) in [5.41, 5.74) is 5.77. The summed E-state index contributed by atoms with van der Waals surface area (Å²) in [5.74, 6) is -0.124. The number of likely N-dealkylation sites (N-methyl/N-ethyl adjacent to an activating group) is 1. The van der Waals surface area contributed by atoms with Crippen molar-refractivity contribution in [2.24, 2.45) is 0 Å². The maximum absolute atomic E-state index is 12.5. The second kappa shape index (κ2) is 8.58. The standard InChI is InChI=1S/C14H22N4O2.C2H6/c1-10(19)15-9-13-11(5-7-17(2)3)8-12-4-6-16-18(12)14(13)20;1-2/h8,16H,4-7,9H2,1-3H3,(H,15,19);1-2H3. The summed E-state index contributed by atoms with van der Waals surface area (Å²) in [7, 11) is 4.02. The molecule has 0 saturated heterocycles. The molecule has 0 spiro atoms. The summed E-state index contributed by atoms with van der Waals surface area (Å²) >= 11 is 0. The zero-order valence-electron chi connectivity index (χ0n) is 14.3. The van der Waals surface area contributed by atoms with Crippen LogP contribution in [0.3, 0.4) is 0 Å². The van der Waals surface area contributed by atoms with Crippen LogP contribution in [0.1, 0.15) is 37.6 Å². The van der Waals surface area contributed by atoms with Crippen molar-refractivity contribution in [3.8, 4) is 0 Å². The molecule has 1 aliphatic rings. The molecule has 0 unspecified atom stereocenters. The normalized spacial score (nSPS) is 12.3. The Kier molecular flexibility index (Phi) is 7.11. The van der Waals surface area contributed by atoms with Crippen molar-refractivity contribution in [1.82, 2.24) is 14.9 Å². The van der Waals surface area contributed by atoms with Gasteiger partial charge in [0.25, 0.3) is 5.56 Å². The molecule has 2 N–H and O–H groups in total. The molecular weight excluding hydrogens is 280 g/mol. The molecule has 0 aromatic carbocycles. The highest BCUT2D eigenvalue weighted by molar-refractivity contribution is 5.72. The number of nitrogens with one attached hydrogen (secondary N) is 2. The molecule has 2 rings (SSSR count). The molecule has 1 amide bonds. The fraction of sp³-hybridized carbons (Fsp3) is 0.625. The van der Waals surface area contributed by atoms with E-state index >= 15 is 0 Å². The Labute approximate surface area is 132 Å². The van der Waals surface area contributed by atoms with Crippen LogP contribution in [0.15, 0.2) is 10.9 Å². The van der Waals surface area contributed by atoms with E-state index in [0.29, 0.717) is 12.1 Å². The van der Waals surface area contributed by atoms with E-state index in [1.54, 1.807) is 4.68 Å². The van der Waals surface area contributed by atoms with Crippen molar-refractivity contribution < 1.29 is 4.79 Å². The molecule has 0 aliphatic carbocycles. The third kappa shape index (κ3) is 4.59. The molecule has 1 aliphatic heterocycles. The molecule has 0 radical (unpaired) electrons. The minimum atomic E-state index is -0.124. The van der Waals surface area contributed by atoms with Crippen LogP contribution in [0.2, 0.25) is 0 Å². The van der Waals surface area contributed by atoms with Crippen molar-refractivity contribution in [1.29, 1.82) is 0 Å². The zero-order valence-corrected chi connectivity index (χ0v) is 14.3. The first-order valence-electron chi connectivity index (χ1n) is 7.88. The summed E-state index contributed by atoms with van der Waals surface area (Å²) in [6, 6.07) is 2.09. The van der Waals surface area contributed by atoms with Crippen LogP contribution in [0.4, 0.5) is 0 Å². The van der Waals surface area contributed by atoms with Crippen LogP contribution < -0.4 is 16.3 Å². The molecule has 22 heavy (non-hydrogen) atoms. The Hall–Kier alpha value is -1.82. The topological polar surface area (TPSA) is 66.4 Å². The van der Waals surface area contributed by atoms with E-state index in [-0.39, 0.29) is 11.5 Å². The largest absolute Gasteiger partial charge is 0.352 e. The summed E-state index contributed by atoms with van der Waals surface area (Å²) < 4.78 is 1.61. The molecular formula is C16H28N4O2. The van der Waals surface area contributed by atoms with E-state index < -0.39 is 0 Å². The van der Waals surface area contributed by atoms with Crippen LogP contribution in [0.5, 0.6) is 0 Å². The average Bonchev–Trinajstić information content (AvgIpc) is 2.94. The average molecular weight is 308 g/mol. The van der Waals surface area contributed by atoms with Gasteiger partial charge in [0.05, 0.1) is 0 Å². The number of nitrogens with zero attached hydrogens (tertiary/aromatic N) is 2. The van der Waals surface area contributed by atoms with Crippen LogP contribution in [0.25, 0.3) is 0 Å². The number of fused-ring (bicyclic) bond motifs is 1. The lowest BCUT2D eigenvalue weighted by Gasteiger charge is -2.15. The highest BCUT2D eigenvalue weighted by Crippen LogP contribution is 2.12. The first-order valence-corrected chi connectivity index (χ1v) is 7.88. The predicted octanol–water partition coefficient (Wildman–Crippen LogP) is 0.714. The van der Waals surface area contributed by atoms with Gasteiger partial charge in [0.1, 0.15) is 0 Å². The molecule has 0 atom stereocenters. The third-order valence-corrected chi connectivity index (χ3v) is 3.47. The van der Waals surface area contributed by atoms with Gasteiger partial charge in [-0.25, -0.2) is 4.68 Å². The highest BCUT2D eigenvalue weighted by Gasteiger charge is 2.18. The lowest BCUT2D eigenvalue weighted by molar-refractivity contribution is -0.119. The predicted molar refractivity (Wildman–Crippen MR) is 89.8 cm³/mol. The third-order valence-electron chi connectivity index (χ3n) is 3.47. The Balaban J connectivity index is 0.00000116. The van der Waals surface area contributed by atoms with E-state index in [9.17, 15) is 9.59 Å². The first-order chi connectivity index (χ1) is 10.5. The molecule has 2 heterocycles. The summed E-state index contributed by atoms with van der Waals surface area (Å²) in [4.78, 5) is 25.7. The van der Waals surface area contributed by atoms with Crippen molar-refractivity contribution in [3.63, 3.8) is 0 Å². The molecule has 0 bridgehead atoms. The van der Waals surface area contributed by atoms with Crippen molar-refractivity contribution in [2.45, 2.75) is 40.2 Å². The lowest BCUT2D eigenvalue weighted by Crippen LogP contribution is -2.34. The van der Waals surface area contributed by atoms with Crippen molar-refractivity contribution in [2.75, 3.05) is 32.6 Å². The van der Waals surface area contributed by atoms with E-state index in [0.717, 1.165) is 37.2 Å². The number of pyridine rings is 1. The smallest absolute Gasteiger partial charge is 0.274 e. The van der Waals surface area contributed by atoms with Gasteiger partial charge in [0.2, 0.25) is 5.91 Å². The Morgan fingerprint density at radius 3 is 2.68 bits per heavy atom. The number of aromatic nitrogens is 1. The van der Waals surface area contributed by atoms with E-state index in [4.69, 9.17) is 0 Å². The van der Waals surface area contributed by atoms with Gasteiger partial charge < -0.3 is 15.6 Å². The van der Waals surface area contributed by atoms with Gasteiger partial charge in [0.15, 0.2) is 0 Å². The van der Waals surface area contributed by atoms with E-state index in [1.807, 2.05) is 27.9 Å². The lowest BCUT2D eigenvalue weighted by atomic mass is 10.0. The molecule has 0 fully saturated rings. The number of hydrogen-bond donors (Lipinski definition) is 2. The summed E-state index contributed by atoms with van der Waals surface area (Å²) in [6.45, 7) is 7.41. The van der Waals surface area contributed by atoms with E-state index in [1.165, 1.54) is 6.92 Å². The van der Waals surface area contributed by atoms with Crippen LogP contribution in [-0.4, -0.2) is 42.7 Å². The van der Waals surface area contributed by atoms with Crippen LogP contribution in [0, 0.1) is 0 Å². The molecule has 1 aromatic heterocycles. The van der Waals surface area contributed by atoms with Crippen LogP contribution in [-0.2, 0) is 24.2 Å². The van der Waals surface area contributed by atoms with Gasteiger partial charge in [-0.05, 0) is 32.1 Å². The summed E-state index contributed by atoms with van der Waals surface area (Å²) in [6.07, 6.45) is 1.68. The van der Waals surface area contributed by atoms with Gasteiger partial charge in [0, 0.05) is 44.2 Å².